The lowest BCUT2D eigenvalue weighted by atomic mass is 9.78. The Morgan fingerprint density at radius 2 is 1.63 bits per heavy atom. The van der Waals surface area contributed by atoms with E-state index in [1.807, 2.05) is 0 Å². The smallest absolute Gasteiger partial charge is 0.312 e. The number of benzene rings is 3. The highest BCUT2D eigenvalue weighted by Crippen LogP contribution is 2.49. The first-order chi connectivity index (χ1) is 30.3. The van der Waals surface area contributed by atoms with Crippen molar-refractivity contribution in [1.82, 2.24) is 4.98 Å². The molecule has 16 heteroatoms. The molecule has 15 nitrogen and oxygen atoms in total. The number of nitrogens with zero attached hydrogens (tertiary/aromatic N) is 1. The van der Waals surface area contributed by atoms with E-state index >= 15 is 0 Å². The molecular formula is C49H62N2O13Si. The Labute approximate surface area is 379 Å². The van der Waals surface area contributed by atoms with Crippen LogP contribution in [0.4, 0.5) is 5.69 Å². The number of fused-ring (bicyclic) bond motifs is 2. The molecule has 0 aliphatic carbocycles. The molecule has 0 saturated heterocycles. The lowest BCUT2D eigenvalue weighted by molar-refractivity contribution is -0.160. The lowest BCUT2D eigenvalue weighted by Crippen LogP contribution is -2.46. The van der Waals surface area contributed by atoms with Crippen LogP contribution in [0.15, 0.2) is 63.6 Å². The van der Waals surface area contributed by atoms with Gasteiger partial charge in [-0.2, -0.15) is 0 Å². The SMILES string of the molecule is CO[C@H]1/C=C\O[C@@]2(C)Oc3c(C)c(=O)c4c(O)c(c5oc6cccc(O[Si](C)(C)C(C)(C)C)c6nc5c4c3C2=O)NC(=O)/C(C)=C\C=C/[C@H](C)[C@H](O)[C@@H](C)[C@@H](O)[C@@H](C)[C@H](OC(C)=O)[C@@H]1C. The topological polar surface area (TPSA) is 213 Å². The fourth-order valence-electron chi connectivity index (χ4n) is 8.31. The van der Waals surface area contributed by atoms with Gasteiger partial charge in [-0.3, -0.25) is 19.2 Å². The van der Waals surface area contributed by atoms with Crippen molar-refractivity contribution >= 4 is 64.6 Å². The maximum Gasteiger partial charge on any atom is 0.312 e. The van der Waals surface area contributed by atoms with Gasteiger partial charge in [-0.05, 0) is 50.2 Å². The van der Waals surface area contributed by atoms with Crippen molar-refractivity contribution < 1.29 is 57.5 Å². The average Bonchev–Trinajstić information content (AvgIpc) is 3.50. The number of ketones is 1. The number of nitrogens with one attached hydrogen (secondary N) is 1. The molecule has 1 amide bonds. The number of aromatic hydroxyl groups is 1. The van der Waals surface area contributed by atoms with Gasteiger partial charge in [-0.25, -0.2) is 4.98 Å². The van der Waals surface area contributed by atoms with Gasteiger partial charge in [-0.1, -0.05) is 72.8 Å². The van der Waals surface area contributed by atoms with E-state index in [9.17, 15) is 34.5 Å². The van der Waals surface area contributed by atoms with Gasteiger partial charge in [0.1, 0.15) is 34.3 Å². The van der Waals surface area contributed by atoms with Gasteiger partial charge in [0.15, 0.2) is 22.3 Å². The second-order valence-electron chi connectivity index (χ2n) is 19.2. The Morgan fingerprint density at radius 3 is 2.26 bits per heavy atom. The average molecular weight is 915 g/mol. The van der Waals surface area contributed by atoms with Crippen LogP contribution < -0.4 is 19.9 Å². The highest BCUT2D eigenvalue weighted by molar-refractivity contribution is 6.74. The molecule has 350 valence electrons. The Morgan fingerprint density at radius 1 is 0.954 bits per heavy atom. The number of phenolic OH excluding ortho intramolecular Hbond substituents is 1. The summed E-state index contributed by atoms with van der Waals surface area (Å²) >= 11 is 0. The predicted octanol–water partition coefficient (Wildman–Crippen LogP) is 8.38. The second-order valence-corrected chi connectivity index (χ2v) is 23.9. The van der Waals surface area contributed by atoms with E-state index in [1.54, 1.807) is 65.0 Å². The van der Waals surface area contributed by atoms with Crippen molar-refractivity contribution in [1.29, 1.82) is 0 Å². The van der Waals surface area contributed by atoms with Gasteiger partial charge >= 0.3 is 11.8 Å². The first-order valence-corrected chi connectivity index (χ1v) is 24.8. The number of carbonyl (C=O) groups is 3. The van der Waals surface area contributed by atoms with Crippen molar-refractivity contribution in [3.05, 3.63) is 75.7 Å². The fourth-order valence-corrected chi connectivity index (χ4v) is 9.33. The molecule has 1 aromatic heterocycles. The number of ether oxygens (including phenoxy) is 4. The number of methoxy groups -OCH3 is 1. The Hall–Kier alpha value is -5.55. The molecule has 65 heavy (non-hydrogen) atoms. The quantitative estimate of drug-likeness (QED) is 0.0498. The molecule has 2 aliphatic heterocycles. The first kappa shape index (κ1) is 48.9. The minimum atomic E-state index is -2.47. The summed E-state index contributed by atoms with van der Waals surface area (Å²) < 4.78 is 37.2. The van der Waals surface area contributed by atoms with Crippen molar-refractivity contribution in [3.8, 4) is 17.2 Å². The standard InChI is InChI=1S/C49H62N2O13Si/c1-23-17-15-18-24(2)47(58)51-38-42(56)34-33(37-45(38)62-31-19-16-20-32(36(31)50-37)64-65(13,14)48(8,9)10)35-44(28(6)41(34)55)63-49(11,46(35)57)60-22-21-30(59-12)25(3)43(61-29(7)52)27(5)40(54)26(4)39(23)53/h15-23,25-27,30,39-40,43,53-54,56H,1-14H3,(H,51,58)/b17-15-,22-21-,24-18-/t23-,25+,26+,27+,30-,39-,40+,43+,49-/m0/s1. The van der Waals surface area contributed by atoms with Gasteiger partial charge in [0.25, 0.3) is 20.0 Å². The predicted molar refractivity (Wildman–Crippen MR) is 250 cm³/mol. The van der Waals surface area contributed by atoms with Crippen LogP contribution in [0.1, 0.15) is 85.2 Å². The number of aliphatic hydroxyl groups excluding tert-OH is 2. The summed E-state index contributed by atoms with van der Waals surface area (Å²) in [4.78, 5) is 60.8. The lowest BCUT2D eigenvalue weighted by Gasteiger charge is -2.38. The third-order valence-electron chi connectivity index (χ3n) is 13.5. The molecule has 9 atom stereocenters. The van der Waals surface area contributed by atoms with E-state index in [0.717, 1.165) is 0 Å². The van der Waals surface area contributed by atoms with E-state index in [1.165, 1.54) is 46.3 Å². The van der Waals surface area contributed by atoms with Gasteiger partial charge in [-0.15, -0.1) is 0 Å². The van der Waals surface area contributed by atoms with Crippen LogP contribution in [-0.4, -0.2) is 83.6 Å². The Kier molecular flexibility index (Phi) is 13.6. The molecule has 0 radical (unpaired) electrons. The monoisotopic (exact) mass is 914 g/mol. The molecule has 2 aliphatic rings. The zero-order chi connectivity index (χ0) is 48.2. The third-order valence-corrected chi connectivity index (χ3v) is 17.8. The van der Waals surface area contributed by atoms with Crippen molar-refractivity contribution in [3.63, 3.8) is 0 Å². The van der Waals surface area contributed by atoms with E-state index in [-0.39, 0.29) is 66.1 Å². The molecule has 3 heterocycles. The van der Waals surface area contributed by atoms with E-state index < -0.39 is 91.0 Å². The second kappa shape index (κ2) is 18.0. The summed E-state index contributed by atoms with van der Waals surface area (Å²) in [5.74, 6) is -6.89. The Bertz CT molecular complexity index is 2710. The van der Waals surface area contributed by atoms with Gasteiger partial charge in [0, 0.05) is 61.2 Å². The number of aliphatic hydroxyl groups is 2. The summed E-state index contributed by atoms with van der Waals surface area (Å²) in [6.07, 6.45) is 3.62. The van der Waals surface area contributed by atoms with Crippen LogP contribution in [0, 0.1) is 30.6 Å². The van der Waals surface area contributed by atoms with Crippen LogP contribution in [0.2, 0.25) is 18.1 Å². The van der Waals surface area contributed by atoms with Crippen LogP contribution >= 0.6 is 0 Å². The first-order valence-electron chi connectivity index (χ1n) is 21.8. The zero-order valence-corrected chi connectivity index (χ0v) is 40.6. The molecule has 4 N–H and O–H groups in total. The molecule has 3 aromatic carbocycles. The molecule has 6 rings (SSSR count). The summed E-state index contributed by atoms with van der Waals surface area (Å²) in [6, 6.07) is 5.15. The minimum absolute atomic E-state index is 0.0128. The summed E-state index contributed by atoms with van der Waals surface area (Å²) in [6.45, 7) is 23.0. The summed E-state index contributed by atoms with van der Waals surface area (Å²) in [5, 5.41) is 37.3. The van der Waals surface area contributed by atoms with Gasteiger partial charge in [0.05, 0.1) is 35.5 Å². The van der Waals surface area contributed by atoms with Crippen molar-refractivity contribution in [2.45, 2.75) is 124 Å². The van der Waals surface area contributed by atoms with Crippen LogP contribution in [0.3, 0.4) is 0 Å². The highest BCUT2D eigenvalue weighted by atomic mass is 28.4. The van der Waals surface area contributed by atoms with E-state index in [4.69, 9.17) is 32.8 Å². The number of rotatable bonds is 4. The number of phenols is 1. The minimum Gasteiger partial charge on any atom is -0.542 e. The number of amides is 1. The van der Waals surface area contributed by atoms with Crippen LogP contribution in [0.25, 0.3) is 33.0 Å². The number of carbonyl (C=O) groups excluding carboxylic acids is 3. The molecule has 4 bridgehead atoms. The third kappa shape index (κ3) is 8.93. The number of aromatic nitrogens is 1. The van der Waals surface area contributed by atoms with Crippen LogP contribution in [-0.2, 0) is 23.8 Å². The summed E-state index contributed by atoms with van der Waals surface area (Å²) in [7, 11) is -1.03. The normalized spacial score (nSPS) is 29.0. The molecular weight excluding hydrogens is 853 g/mol. The van der Waals surface area contributed by atoms with Crippen LogP contribution in [0.5, 0.6) is 17.2 Å². The van der Waals surface area contributed by atoms with Gasteiger partial charge in [0.2, 0.25) is 0 Å². The number of hydrogen-bond donors (Lipinski definition) is 4. The molecule has 0 saturated carbocycles. The zero-order valence-electron chi connectivity index (χ0n) is 39.6. The van der Waals surface area contributed by atoms with E-state index in [2.05, 4.69) is 39.2 Å². The highest BCUT2D eigenvalue weighted by Gasteiger charge is 2.50. The Balaban J connectivity index is 1.63. The fraction of sp³-hybridized carbons (Fsp3) is 0.490. The molecule has 0 unspecified atom stereocenters. The van der Waals surface area contributed by atoms with E-state index in [0.29, 0.717) is 5.75 Å². The molecule has 0 fully saturated rings. The largest absolute Gasteiger partial charge is 0.542 e. The summed E-state index contributed by atoms with van der Waals surface area (Å²) in [5.41, 5.74) is -0.561. The van der Waals surface area contributed by atoms with Crippen molar-refractivity contribution in [2.75, 3.05) is 12.4 Å². The number of esters is 1. The number of anilines is 1. The number of allylic oxidation sites excluding steroid dienone is 2. The molecule has 4 aromatic rings. The number of Topliss-reactive ketones (excluding diaryl/α,β-unsaturated/α-hetero) is 1. The van der Waals surface area contributed by atoms with Crippen molar-refractivity contribution in [2.24, 2.45) is 23.7 Å². The maximum atomic E-state index is 14.9. The maximum absolute atomic E-state index is 14.9. The number of para-hydroxylation sites is 1. The number of hydrogen-bond acceptors (Lipinski definition) is 14. The molecule has 0 spiro atoms. The van der Waals surface area contributed by atoms with Gasteiger partial charge < -0.3 is 48.4 Å².